The molecule has 1 heterocycles. The van der Waals surface area contributed by atoms with Crippen molar-refractivity contribution < 1.29 is 9.26 Å². The maximum atomic E-state index is 5.55. The topological polar surface area (TPSA) is 74.2 Å². The van der Waals surface area contributed by atoms with Crippen LogP contribution in [0, 0.1) is 5.92 Å². The van der Waals surface area contributed by atoms with Gasteiger partial charge in [-0.1, -0.05) is 12.1 Å². The van der Waals surface area contributed by atoms with Crippen molar-refractivity contribution >= 4 is 0 Å². The zero-order valence-corrected chi connectivity index (χ0v) is 10.5. The smallest absolute Gasteiger partial charge is 0.227 e. The molecule has 1 rings (SSSR count). The molecule has 16 heavy (non-hydrogen) atoms. The summed E-state index contributed by atoms with van der Waals surface area (Å²) < 4.78 is 10.7. The van der Waals surface area contributed by atoms with E-state index in [0.29, 0.717) is 37.2 Å². The highest BCUT2D eigenvalue weighted by atomic mass is 16.5. The average molecular weight is 227 g/mol. The first-order chi connectivity index (χ1) is 7.49. The minimum absolute atomic E-state index is 0.350. The Morgan fingerprint density at radius 2 is 2.19 bits per heavy atom. The summed E-state index contributed by atoms with van der Waals surface area (Å²) in [5.74, 6) is 1.57. The summed E-state index contributed by atoms with van der Waals surface area (Å²) in [6, 6.07) is 0. The van der Waals surface area contributed by atoms with Gasteiger partial charge in [-0.05, 0) is 33.2 Å². The van der Waals surface area contributed by atoms with Gasteiger partial charge in [-0.3, -0.25) is 0 Å². The molecule has 92 valence electrons. The van der Waals surface area contributed by atoms with Crippen molar-refractivity contribution in [1.82, 2.24) is 10.1 Å². The van der Waals surface area contributed by atoms with Crippen molar-refractivity contribution in [3.8, 4) is 0 Å². The van der Waals surface area contributed by atoms with Gasteiger partial charge in [0.1, 0.15) is 5.60 Å². The van der Waals surface area contributed by atoms with Crippen LogP contribution in [-0.4, -0.2) is 23.3 Å². The van der Waals surface area contributed by atoms with Gasteiger partial charge < -0.3 is 15.0 Å². The van der Waals surface area contributed by atoms with E-state index in [1.54, 1.807) is 0 Å². The summed E-state index contributed by atoms with van der Waals surface area (Å²) in [7, 11) is 0. The number of hydrogen-bond acceptors (Lipinski definition) is 5. The molecule has 1 aromatic heterocycles. The second-order valence-corrected chi connectivity index (χ2v) is 4.50. The first-order valence-corrected chi connectivity index (χ1v) is 5.66. The van der Waals surface area contributed by atoms with E-state index in [4.69, 9.17) is 15.0 Å². The number of aromatic nitrogens is 2. The Kier molecular flexibility index (Phi) is 4.44. The Bertz CT molecular complexity index is 323. The Hall–Kier alpha value is -0.940. The van der Waals surface area contributed by atoms with Crippen molar-refractivity contribution in [3.05, 3.63) is 11.7 Å². The van der Waals surface area contributed by atoms with Crippen LogP contribution < -0.4 is 5.73 Å². The van der Waals surface area contributed by atoms with Crippen molar-refractivity contribution in [2.45, 2.75) is 39.7 Å². The molecule has 5 nitrogen and oxygen atoms in total. The number of ether oxygens (including phenoxy) is 1. The van der Waals surface area contributed by atoms with Crippen LogP contribution in [-0.2, 0) is 16.8 Å². The summed E-state index contributed by atoms with van der Waals surface area (Å²) in [6.45, 7) is 9.09. The highest BCUT2D eigenvalue weighted by molar-refractivity contribution is 4.97. The Morgan fingerprint density at radius 1 is 1.50 bits per heavy atom. The zero-order valence-electron chi connectivity index (χ0n) is 10.5. The first kappa shape index (κ1) is 13.1. The lowest BCUT2D eigenvalue weighted by molar-refractivity contribution is -0.0221. The van der Waals surface area contributed by atoms with Crippen molar-refractivity contribution in [2.75, 3.05) is 13.2 Å². The molecule has 2 N–H and O–H groups in total. The molecule has 0 bridgehead atoms. The van der Waals surface area contributed by atoms with Crippen molar-refractivity contribution in [1.29, 1.82) is 0 Å². The maximum Gasteiger partial charge on any atom is 0.227 e. The second-order valence-electron chi connectivity index (χ2n) is 4.50. The second kappa shape index (κ2) is 5.41. The quantitative estimate of drug-likeness (QED) is 0.796. The predicted molar refractivity (Wildman–Crippen MR) is 60.9 cm³/mol. The molecular formula is C11H21N3O2. The summed E-state index contributed by atoms with van der Waals surface area (Å²) in [4.78, 5) is 4.33. The molecule has 0 aliphatic heterocycles. The number of hydrogen-bond donors (Lipinski definition) is 1. The normalized spacial score (nSPS) is 14.1. The standard InChI is InChI=1S/C11H21N3O2/c1-5-15-11(3,4)10-13-9(16-14-10)6-8(2)7-12/h8H,5-7,12H2,1-4H3. The van der Waals surface area contributed by atoms with Gasteiger partial charge in [0, 0.05) is 13.0 Å². The van der Waals surface area contributed by atoms with Gasteiger partial charge in [-0.15, -0.1) is 0 Å². The molecular weight excluding hydrogens is 206 g/mol. The van der Waals surface area contributed by atoms with Crippen LogP contribution in [0.3, 0.4) is 0 Å². The lowest BCUT2D eigenvalue weighted by Crippen LogP contribution is -2.23. The average Bonchev–Trinajstić information content (AvgIpc) is 2.66. The van der Waals surface area contributed by atoms with E-state index in [-0.39, 0.29) is 0 Å². The van der Waals surface area contributed by atoms with E-state index in [2.05, 4.69) is 17.1 Å². The Morgan fingerprint density at radius 3 is 2.75 bits per heavy atom. The van der Waals surface area contributed by atoms with Gasteiger partial charge >= 0.3 is 0 Å². The van der Waals surface area contributed by atoms with Gasteiger partial charge in [0.15, 0.2) is 0 Å². The van der Waals surface area contributed by atoms with Crippen molar-refractivity contribution in [2.24, 2.45) is 11.7 Å². The highest BCUT2D eigenvalue weighted by Crippen LogP contribution is 2.21. The molecule has 0 radical (unpaired) electrons. The van der Waals surface area contributed by atoms with Crippen LogP contribution in [0.15, 0.2) is 4.52 Å². The fourth-order valence-corrected chi connectivity index (χ4v) is 1.39. The lowest BCUT2D eigenvalue weighted by atomic mass is 10.1. The summed E-state index contributed by atoms with van der Waals surface area (Å²) in [5, 5.41) is 3.94. The number of nitrogens with two attached hydrogens (primary N) is 1. The summed E-state index contributed by atoms with van der Waals surface area (Å²) in [6.07, 6.45) is 0.714. The van der Waals surface area contributed by atoms with Gasteiger partial charge in [0.2, 0.25) is 11.7 Å². The maximum absolute atomic E-state index is 5.55. The molecule has 1 aromatic rings. The molecule has 0 amide bonds. The molecule has 0 saturated heterocycles. The third-order valence-corrected chi connectivity index (χ3v) is 2.44. The molecule has 1 unspecified atom stereocenters. The molecule has 0 saturated carbocycles. The zero-order chi connectivity index (χ0) is 12.2. The molecule has 0 aromatic carbocycles. The third-order valence-electron chi connectivity index (χ3n) is 2.44. The SMILES string of the molecule is CCOC(C)(C)c1noc(CC(C)CN)n1. The van der Waals surface area contributed by atoms with E-state index < -0.39 is 5.60 Å². The van der Waals surface area contributed by atoms with Crippen LogP contribution in [0.25, 0.3) is 0 Å². The highest BCUT2D eigenvalue weighted by Gasteiger charge is 2.27. The predicted octanol–water partition coefficient (Wildman–Crippen LogP) is 1.48. The van der Waals surface area contributed by atoms with Gasteiger partial charge in [-0.2, -0.15) is 4.98 Å². The van der Waals surface area contributed by atoms with E-state index in [1.807, 2.05) is 20.8 Å². The minimum atomic E-state index is -0.498. The van der Waals surface area contributed by atoms with Gasteiger partial charge in [0.05, 0.1) is 0 Å². The molecule has 0 aliphatic carbocycles. The van der Waals surface area contributed by atoms with E-state index >= 15 is 0 Å². The minimum Gasteiger partial charge on any atom is -0.368 e. The van der Waals surface area contributed by atoms with E-state index in [0.717, 1.165) is 0 Å². The fraction of sp³-hybridized carbons (Fsp3) is 0.818. The largest absolute Gasteiger partial charge is 0.368 e. The van der Waals surface area contributed by atoms with Crippen LogP contribution in [0.2, 0.25) is 0 Å². The monoisotopic (exact) mass is 227 g/mol. The van der Waals surface area contributed by atoms with Crippen LogP contribution >= 0.6 is 0 Å². The number of rotatable bonds is 6. The molecule has 0 fully saturated rings. The molecule has 0 aliphatic rings. The molecule has 5 heteroatoms. The fourth-order valence-electron chi connectivity index (χ4n) is 1.39. The summed E-state index contributed by atoms with van der Waals surface area (Å²) >= 11 is 0. The lowest BCUT2D eigenvalue weighted by Gasteiger charge is -2.19. The van der Waals surface area contributed by atoms with Gasteiger partial charge in [0.25, 0.3) is 0 Å². The van der Waals surface area contributed by atoms with Crippen LogP contribution in [0.1, 0.15) is 39.4 Å². The Labute approximate surface area is 96.4 Å². The van der Waals surface area contributed by atoms with Gasteiger partial charge in [-0.25, -0.2) is 0 Å². The Balaban J connectivity index is 2.70. The van der Waals surface area contributed by atoms with Crippen LogP contribution in [0.4, 0.5) is 0 Å². The molecule has 0 spiro atoms. The van der Waals surface area contributed by atoms with Crippen LogP contribution in [0.5, 0.6) is 0 Å². The number of nitrogens with zero attached hydrogens (tertiary/aromatic N) is 2. The third kappa shape index (κ3) is 3.28. The van der Waals surface area contributed by atoms with E-state index in [9.17, 15) is 0 Å². The summed E-state index contributed by atoms with van der Waals surface area (Å²) in [5.41, 5.74) is 5.05. The first-order valence-electron chi connectivity index (χ1n) is 5.66. The van der Waals surface area contributed by atoms with E-state index in [1.165, 1.54) is 0 Å². The molecule has 1 atom stereocenters. The van der Waals surface area contributed by atoms with Crippen molar-refractivity contribution in [3.63, 3.8) is 0 Å².